The SMILES string of the molecule is Cc1cc(Cl)cc(CN2CC3CN(C(=O)n4cc(Cl)c(C(=O)O)n4)CC3C2)c1. The van der Waals surface area contributed by atoms with Crippen LogP contribution in [0.3, 0.4) is 0 Å². The Balaban J connectivity index is 1.38. The molecule has 0 aliphatic carbocycles. The minimum absolute atomic E-state index is 0.0387. The van der Waals surface area contributed by atoms with Crippen LogP contribution >= 0.6 is 23.2 Å². The fourth-order valence-corrected chi connectivity index (χ4v) is 4.80. The molecule has 2 aliphatic rings. The number of amides is 1. The topological polar surface area (TPSA) is 78.7 Å². The van der Waals surface area contributed by atoms with E-state index in [4.69, 9.17) is 28.3 Å². The highest BCUT2D eigenvalue weighted by molar-refractivity contribution is 6.33. The normalized spacial score (nSPS) is 21.9. The van der Waals surface area contributed by atoms with Crippen molar-refractivity contribution in [3.8, 4) is 0 Å². The molecule has 1 aromatic heterocycles. The number of carbonyl (C=O) groups excluding carboxylic acids is 1. The van der Waals surface area contributed by atoms with E-state index in [9.17, 15) is 9.59 Å². The molecule has 28 heavy (non-hydrogen) atoms. The molecule has 2 aliphatic heterocycles. The average Bonchev–Trinajstić information content (AvgIpc) is 3.25. The van der Waals surface area contributed by atoms with Crippen molar-refractivity contribution in [1.82, 2.24) is 19.6 Å². The lowest BCUT2D eigenvalue weighted by Gasteiger charge is -2.21. The second kappa shape index (κ2) is 7.39. The minimum Gasteiger partial charge on any atom is -0.476 e. The van der Waals surface area contributed by atoms with Crippen molar-refractivity contribution in [2.45, 2.75) is 13.5 Å². The molecule has 4 rings (SSSR count). The molecule has 0 radical (unpaired) electrons. The van der Waals surface area contributed by atoms with Gasteiger partial charge in [-0.2, -0.15) is 9.78 Å². The predicted octanol–water partition coefficient (Wildman–Crippen LogP) is 3.23. The number of halogens is 2. The third-order valence-corrected chi connectivity index (χ3v) is 5.90. The smallest absolute Gasteiger partial charge is 0.357 e. The first kappa shape index (κ1) is 19.2. The largest absolute Gasteiger partial charge is 0.476 e. The van der Waals surface area contributed by atoms with Gasteiger partial charge >= 0.3 is 12.0 Å². The molecule has 148 valence electrons. The van der Waals surface area contributed by atoms with Crippen molar-refractivity contribution in [2.24, 2.45) is 11.8 Å². The molecule has 1 amide bonds. The van der Waals surface area contributed by atoms with Crippen molar-refractivity contribution in [1.29, 1.82) is 0 Å². The third kappa shape index (κ3) is 3.74. The van der Waals surface area contributed by atoms with Crippen molar-refractivity contribution >= 4 is 35.2 Å². The van der Waals surface area contributed by atoms with E-state index < -0.39 is 5.97 Å². The Bertz CT molecular complexity index is 911. The van der Waals surface area contributed by atoms with E-state index in [-0.39, 0.29) is 16.7 Å². The van der Waals surface area contributed by atoms with Crippen LogP contribution in [0.25, 0.3) is 0 Å². The molecule has 2 unspecified atom stereocenters. The van der Waals surface area contributed by atoms with E-state index in [0.717, 1.165) is 34.9 Å². The molecular formula is C19H20Cl2N4O3. The van der Waals surface area contributed by atoms with Gasteiger partial charge in [0.05, 0.1) is 11.2 Å². The molecule has 1 N–H and O–H groups in total. The van der Waals surface area contributed by atoms with Crippen LogP contribution in [0.2, 0.25) is 10.0 Å². The van der Waals surface area contributed by atoms with Gasteiger partial charge in [-0.1, -0.05) is 29.3 Å². The van der Waals surface area contributed by atoms with E-state index in [2.05, 4.69) is 16.1 Å². The highest BCUT2D eigenvalue weighted by Gasteiger charge is 2.42. The Kier molecular flexibility index (Phi) is 5.07. The molecule has 2 atom stereocenters. The Hall–Kier alpha value is -2.09. The summed E-state index contributed by atoms with van der Waals surface area (Å²) < 4.78 is 1.03. The number of aromatic carboxylic acids is 1. The summed E-state index contributed by atoms with van der Waals surface area (Å²) >= 11 is 12.0. The number of benzene rings is 1. The number of carbonyl (C=O) groups is 2. The van der Waals surface area contributed by atoms with Gasteiger partial charge in [0.1, 0.15) is 0 Å². The van der Waals surface area contributed by atoms with Gasteiger partial charge in [-0.3, -0.25) is 4.90 Å². The summed E-state index contributed by atoms with van der Waals surface area (Å²) in [7, 11) is 0. The molecule has 2 saturated heterocycles. The lowest BCUT2D eigenvalue weighted by Crippen LogP contribution is -2.36. The summed E-state index contributed by atoms with van der Waals surface area (Å²) in [6.07, 6.45) is 1.26. The standard InChI is InChI=1S/C19H20Cl2N4O3/c1-11-2-12(4-15(20)3-11)5-23-6-13-8-24(9-14(13)7-23)19(28)25-10-16(21)17(22-25)18(26)27/h2-4,10,13-14H,5-9H2,1H3,(H,26,27). The van der Waals surface area contributed by atoms with Crippen LogP contribution < -0.4 is 0 Å². The van der Waals surface area contributed by atoms with Crippen LogP contribution in [0.1, 0.15) is 21.6 Å². The van der Waals surface area contributed by atoms with E-state index >= 15 is 0 Å². The van der Waals surface area contributed by atoms with Crippen LogP contribution in [0.15, 0.2) is 24.4 Å². The molecule has 9 heteroatoms. The van der Waals surface area contributed by atoms with Crippen LogP contribution in [0.4, 0.5) is 4.79 Å². The van der Waals surface area contributed by atoms with E-state index in [1.54, 1.807) is 4.90 Å². The molecule has 0 spiro atoms. The number of aryl methyl sites for hydroxylation is 1. The first-order valence-corrected chi connectivity index (χ1v) is 9.82. The maximum absolute atomic E-state index is 12.7. The zero-order valence-electron chi connectivity index (χ0n) is 15.3. The van der Waals surface area contributed by atoms with Crippen LogP contribution in [-0.4, -0.2) is 62.9 Å². The highest BCUT2D eigenvalue weighted by Crippen LogP contribution is 2.32. The number of carboxylic acids is 1. The highest BCUT2D eigenvalue weighted by atomic mass is 35.5. The first-order chi connectivity index (χ1) is 13.3. The predicted molar refractivity (Wildman–Crippen MR) is 105 cm³/mol. The van der Waals surface area contributed by atoms with Gasteiger partial charge in [0.25, 0.3) is 0 Å². The lowest BCUT2D eigenvalue weighted by molar-refractivity contribution is 0.0690. The molecule has 0 saturated carbocycles. The zero-order chi connectivity index (χ0) is 20.0. The minimum atomic E-state index is -1.25. The first-order valence-electron chi connectivity index (χ1n) is 9.06. The zero-order valence-corrected chi connectivity index (χ0v) is 16.8. The number of likely N-dealkylation sites (tertiary alicyclic amines) is 2. The molecular weight excluding hydrogens is 403 g/mol. The Morgan fingerprint density at radius 3 is 2.39 bits per heavy atom. The molecule has 1 aromatic carbocycles. The van der Waals surface area contributed by atoms with Gasteiger partial charge in [0, 0.05) is 37.7 Å². The number of aromatic nitrogens is 2. The van der Waals surface area contributed by atoms with Gasteiger partial charge < -0.3 is 10.0 Å². The maximum atomic E-state index is 12.7. The summed E-state index contributed by atoms with van der Waals surface area (Å²) in [4.78, 5) is 27.9. The summed E-state index contributed by atoms with van der Waals surface area (Å²) in [5, 5.41) is 13.6. The number of rotatable bonds is 3. The number of carboxylic acid groups (broad SMARTS) is 1. The third-order valence-electron chi connectivity index (χ3n) is 5.41. The van der Waals surface area contributed by atoms with E-state index in [1.807, 2.05) is 19.1 Å². The quantitative estimate of drug-likeness (QED) is 0.820. The summed E-state index contributed by atoms with van der Waals surface area (Å²) in [5.74, 6) is -0.454. The van der Waals surface area contributed by atoms with Crippen LogP contribution in [0, 0.1) is 18.8 Å². The van der Waals surface area contributed by atoms with Gasteiger partial charge in [-0.05, 0) is 42.0 Å². The maximum Gasteiger partial charge on any atom is 0.357 e. The fraction of sp³-hybridized carbons (Fsp3) is 0.421. The molecule has 2 fully saturated rings. The van der Waals surface area contributed by atoms with Crippen LogP contribution in [-0.2, 0) is 6.54 Å². The average molecular weight is 423 g/mol. The van der Waals surface area contributed by atoms with E-state index in [1.165, 1.54) is 11.8 Å². The Morgan fingerprint density at radius 2 is 1.82 bits per heavy atom. The molecule has 2 aromatic rings. The van der Waals surface area contributed by atoms with Gasteiger partial charge in [-0.25, -0.2) is 9.59 Å². The van der Waals surface area contributed by atoms with E-state index in [0.29, 0.717) is 24.9 Å². The van der Waals surface area contributed by atoms with Crippen molar-refractivity contribution in [3.63, 3.8) is 0 Å². The Morgan fingerprint density at radius 1 is 1.14 bits per heavy atom. The summed E-state index contributed by atoms with van der Waals surface area (Å²) in [5.41, 5.74) is 2.04. The second-order valence-corrected chi connectivity index (χ2v) is 8.46. The van der Waals surface area contributed by atoms with Crippen molar-refractivity contribution in [3.05, 3.63) is 51.3 Å². The fourth-order valence-electron chi connectivity index (χ4n) is 4.28. The molecule has 7 nitrogen and oxygen atoms in total. The lowest BCUT2D eigenvalue weighted by atomic mass is 10.0. The van der Waals surface area contributed by atoms with Crippen molar-refractivity contribution in [2.75, 3.05) is 26.2 Å². The summed E-state index contributed by atoms with van der Waals surface area (Å²) in [6, 6.07) is 5.77. The van der Waals surface area contributed by atoms with Crippen molar-refractivity contribution < 1.29 is 14.7 Å². The van der Waals surface area contributed by atoms with Gasteiger partial charge in [0.2, 0.25) is 0 Å². The number of hydrogen-bond donors (Lipinski definition) is 1. The van der Waals surface area contributed by atoms with Gasteiger partial charge in [-0.15, -0.1) is 0 Å². The monoisotopic (exact) mass is 422 g/mol. The number of fused-ring (bicyclic) bond motifs is 1. The number of hydrogen-bond acceptors (Lipinski definition) is 4. The van der Waals surface area contributed by atoms with Crippen LogP contribution in [0.5, 0.6) is 0 Å². The van der Waals surface area contributed by atoms with Gasteiger partial charge in [0.15, 0.2) is 5.69 Å². The number of nitrogens with zero attached hydrogens (tertiary/aromatic N) is 4. The second-order valence-electron chi connectivity index (χ2n) is 7.61. The summed E-state index contributed by atoms with van der Waals surface area (Å²) in [6.45, 7) is 5.98. The molecule has 3 heterocycles. The Labute approximate surface area is 172 Å². The molecule has 0 bridgehead atoms.